The number of aromatic hydroxyl groups is 3. The van der Waals surface area contributed by atoms with Crippen molar-refractivity contribution in [3.05, 3.63) is 75.9 Å². The van der Waals surface area contributed by atoms with Gasteiger partial charge >= 0.3 is 0 Å². The van der Waals surface area contributed by atoms with Crippen LogP contribution in [0, 0.1) is 22.7 Å². The van der Waals surface area contributed by atoms with E-state index in [9.17, 15) is 20.1 Å². The fourth-order valence-corrected chi connectivity index (χ4v) is 2.70. The van der Waals surface area contributed by atoms with Gasteiger partial charge in [-0.15, -0.1) is 0 Å². The fraction of sp³-hybridized carbons (Fsp3) is 0. The first kappa shape index (κ1) is 17.5. The van der Waals surface area contributed by atoms with Gasteiger partial charge in [0, 0.05) is 11.1 Å². The van der Waals surface area contributed by atoms with Crippen LogP contribution in [-0.2, 0) is 0 Å². The predicted octanol–water partition coefficient (Wildman–Crippen LogP) is 3.24. The second-order valence-electron chi connectivity index (χ2n) is 5.73. The molecule has 3 aromatic rings. The smallest absolute Gasteiger partial charge is 0.266 e. The van der Waals surface area contributed by atoms with Crippen LogP contribution in [0.2, 0.25) is 0 Å². The van der Waals surface area contributed by atoms with Gasteiger partial charge in [-0.1, -0.05) is 24.3 Å². The van der Waals surface area contributed by atoms with Crippen LogP contribution in [0.3, 0.4) is 0 Å². The number of nitrogens with zero attached hydrogens (tertiary/aromatic N) is 2. The van der Waals surface area contributed by atoms with E-state index in [2.05, 4.69) is 0 Å². The second kappa shape index (κ2) is 6.91. The summed E-state index contributed by atoms with van der Waals surface area (Å²) in [6.07, 6.45) is 0. The highest BCUT2D eigenvalue weighted by atomic mass is 16.3. The van der Waals surface area contributed by atoms with Gasteiger partial charge in [-0.25, -0.2) is 0 Å². The van der Waals surface area contributed by atoms with Crippen molar-refractivity contribution in [3.8, 4) is 51.6 Å². The van der Waals surface area contributed by atoms with Crippen LogP contribution in [0.1, 0.15) is 11.1 Å². The molecule has 3 aromatic carbocycles. The molecule has 0 spiro atoms. The van der Waals surface area contributed by atoms with Crippen LogP contribution in [0.5, 0.6) is 17.2 Å². The fourth-order valence-electron chi connectivity index (χ4n) is 2.70. The van der Waals surface area contributed by atoms with E-state index in [4.69, 9.17) is 10.5 Å². The van der Waals surface area contributed by atoms with Crippen molar-refractivity contribution >= 4 is 0 Å². The molecule has 0 aliphatic carbocycles. The van der Waals surface area contributed by atoms with Gasteiger partial charge in [0.15, 0.2) is 11.5 Å². The molecule has 0 aromatic heterocycles. The van der Waals surface area contributed by atoms with Gasteiger partial charge in [-0.2, -0.15) is 10.5 Å². The van der Waals surface area contributed by atoms with Crippen molar-refractivity contribution in [2.45, 2.75) is 0 Å². The molecule has 0 aliphatic rings. The maximum atomic E-state index is 12.3. The van der Waals surface area contributed by atoms with Crippen LogP contribution in [0.25, 0.3) is 22.3 Å². The van der Waals surface area contributed by atoms with Crippen molar-refractivity contribution < 1.29 is 15.3 Å². The third-order valence-corrected chi connectivity index (χ3v) is 4.06. The van der Waals surface area contributed by atoms with E-state index in [1.54, 1.807) is 36.4 Å². The summed E-state index contributed by atoms with van der Waals surface area (Å²) in [5.74, 6) is -2.48. The standard InChI is InChI=1S/C21H12N2O4/c22-10-12-3-1-5-14(7-12)16-9-17(15-6-2-4-13(8-15)11-23)19(25)21(27)20(26)18(16)24/h1-9H,(H3,24,25,26,27). The van der Waals surface area contributed by atoms with Crippen LogP contribution in [0.4, 0.5) is 0 Å². The van der Waals surface area contributed by atoms with Gasteiger partial charge < -0.3 is 15.3 Å². The summed E-state index contributed by atoms with van der Waals surface area (Å²) in [5.41, 5.74) is 0.299. The van der Waals surface area contributed by atoms with Crippen molar-refractivity contribution in [3.63, 3.8) is 0 Å². The molecule has 6 nitrogen and oxygen atoms in total. The van der Waals surface area contributed by atoms with E-state index in [-0.39, 0.29) is 11.1 Å². The van der Waals surface area contributed by atoms with E-state index in [1.807, 2.05) is 12.1 Å². The average molecular weight is 356 g/mol. The number of nitriles is 2. The molecule has 0 aliphatic heterocycles. The van der Waals surface area contributed by atoms with E-state index in [1.165, 1.54) is 18.2 Å². The third-order valence-electron chi connectivity index (χ3n) is 4.06. The molecule has 0 atom stereocenters. The van der Waals surface area contributed by atoms with Crippen LogP contribution < -0.4 is 5.43 Å². The Labute approximate surface area is 154 Å². The van der Waals surface area contributed by atoms with Gasteiger partial charge in [-0.3, -0.25) is 4.79 Å². The number of hydrogen-bond acceptors (Lipinski definition) is 6. The van der Waals surface area contributed by atoms with Crippen LogP contribution in [-0.4, -0.2) is 15.3 Å². The van der Waals surface area contributed by atoms with Gasteiger partial charge in [0.2, 0.25) is 5.75 Å². The Bertz CT molecular complexity index is 1200. The third kappa shape index (κ3) is 3.15. The van der Waals surface area contributed by atoms with Crippen molar-refractivity contribution in [1.29, 1.82) is 10.5 Å². The first-order valence-electron chi connectivity index (χ1n) is 7.79. The van der Waals surface area contributed by atoms with Crippen molar-refractivity contribution in [2.24, 2.45) is 0 Å². The van der Waals surface area contributed by atoms with E-state index >= 15 is 0 Å². The molecule has 0 heterocycles. The highest BCUT2D eigenvalue weighted by Gasteiger charge is 2.18. The Morgan fingerprint density at radius 2 is 1.15 bits per heavy atom. The lowest BCUT2D eigenvalue weighted by atomic mass is 9.99. The Hall–Kier alpha value is -4.29. The lowest BCUT2D eigenvalue weighted by Crippen LogP contribution is -1.97. The van der Waals surface area contributed by atoms with Gasteiger partial charge in [-0.05, 0) is 41.5 Å². The first-order valence-corrected chi connectivity index (χ1v) is 7.79. The summed E-state index contributed by atoms with van der Waals surface area (Å²) >= 11 is 0. The summed E-state index contributed by atoms with van der Waals surface area (Å²) in [4.78, 5) is 12.3. The second-order valence-corrected chi connectivity index (χ2v) is 5.73. The Morgan fingerprint density at radius 3 is 1.63 bits per heavy atom. The molecule has 0 unspecified atom stereocenters. The largest absolute Gasteiger partial charge is 0.504 e. The first-order chi connectivity index (χ1) is 13.0. The zero-order valence-corrected chi connectivity index (χ0v) is 13.8. The minimum absolute atomic E-state index is 0.0325. The minimum atomic E-state index is -1.15. The summed E-state index contributed by atoms with van der Waals surface area (Å²) in [5, 5.41) is 48.9. The van der Waals surface area contributed by atoms with Gasteiger partial charge in [0.05, 0.1) is 23.3 Å². The van der Waals surface area contributed by atoms with E-state index in [0.717, 1.165) is 0 Å². The Balaban J connectivity index is 2.41. The van der Waals surface area contributed by atoms with Crippen molar-refractivity contribution in [2.75, 3.05) is 0 Å². The molecule has 3 rings (SSSR count). The quantitative estimate of drug-likeness (QED) is 0.647. The lowest BCUT2D eigenvalue weighted by Gasteiger charge is -2.05. The monoisotopic (exact) mass is 356 g/mol. The van der Waals surface area contributed by atoms with Crippen molar-refractivity contribution in [1.82, 2.24) is 0 Å². The van der Waals surface area contributed by atoms with Gasteiger partial charge in [0.1, 0.15) is 0 Å². The molecule has 0 bridgehead atoms. The number of hydrogen-bond donors (Lipinski definition) is 3. The Morgan fingerprint density at radius 1 is 0.667 bits per heavy atom. The lowest BCUT2D eigenvalue weighted by molar-refractivity contribution is 0.397. The molecule has 0 saturated heterocycles. The molecule has 0 amide bonds. The summed E-state index contributed by atoms with van der Waals surface area (Å²) in [6.45, 7) is 0. The highest BCUT2D eigenvalue weighted by molar-refractivity contribution is 5.82. The molecule has 0 saturated carbocycles. The summed E-state index contributed by atoms with van der Waals surface area (Å²) in [6, 6.07) is 17.7. The molecule has 0 radical (unpaired) electrons. The zero-order chi connectivity index (χ0) is 19.6. The predicted molar refractivity (Wildman–Crippen MR) is 98.0 cm³/mol. The maximum Gasteiger partial charge on any atom is 0.266 e. The maximum absolute atomic E-state index is 12.3. The summed E-state index contributed by atoms with van der Waals surface area (Å²) < 4.78 is 0. The van der Waals surface area contributed by atoms with E-state index < -0.39 is 22.7 Å². The highest BCUT2D eigenvalue weighted by Crippen LogP contribution is 2.39. The van der Waals surface area contributed by atoms with Crippen LogP contribution in [0.15, 0.2) is 59.4 Å². The molecule has 130 valence electrons. The van der Waals surface area contributed by atoms with Crippen LogP contribution >= 0.6 is 0 Å². The normalized spacial score (nSPS) is 10.0. The van der Waals surface area contributed by atoms with E-state index in [0.29, 0.717) is 22.3 Å². The number of rotatable bonds is 2. The molecular weight excluding hydrogens is 344 g/mol. The molecule has 27 heavy (non-hydrogen) atoms. The molecule has 6 heteroatoms. The zero-order valence-electron chi connectivity index (χ0n) is 13.8. The topological polar surface area (TPSA) is 125 Å². The molecule has 0 fully saturated rings. The summed E-state index contributed by atoms with van der Waals surface area (Å²) in [7, 11) is 0. The SMILES string of the molecule is N#Cc1cccc(-c2cc(-c3cccc(C#N)c3)c(O)c(=O)c(O)c2O)c1. The average Bonchev–Trinajstić information content (AvgIpc) is 2.79. The number of benzene rings is 2. The van der Waals surface area contributed by atoms with Gasteiger partial charge in [0.25, 0.3) is 5.43 Å². The molecular formula is C21H12N2O4. The minimum Gasteiger partial charge on any atom is -0.504 e. The Kier molecular flexibility index (Phi) is 4.49. The molecule has 3 N–H and O–H groups in total.